The second-order valence-electron chi connectivity index (χ2n) is 4.63. The third kappa shape index (κ3) is 5.28. The third-order valence-electron chi connectivity index (χ3n) is 2.83. The summed E-state index contributed by atoms with van der Waals surface area (Å²) in [5.41, 5.74) is 0.550. The highest BCUT2D eigenvalue weighted by molar-refractivity contribution is 5.41. The molecule has 2 N–H and O–H groups in total. The van der Waals surface area contributed by atoms with Crippen molar-refractivity contribution >= 4 is 0 Å². The van der Waals surface area contributed by atoms with Crippen LogP contribution in [0, 0.1) is 0 Å². The number of phenolic OH excluding ortho intramolecular Hbond substituents is 1. The molecule has 0 spiro atoms. The Kier molecular flexibility index (Phi) is 6.64. The number of phenols is 1. The van der Waals surface area contributed by atoms with Crippen molar-refractivity contribution in [3.63, 3.8) is 0 Å². The molecule has 1 rings (SSSR count). The van der Waals surface area contributed by atoms with E-state index in [2.05, 4.69) is 10.1 Å². The van der Waals surface area contributed by atoms with Gasteiger partial charge in [-0.15, -0.1) is 0 Å². The highest BCUT2D eigenvalue weighted by Crippen LogP contribution is 2.31. The topological polar surface area (TPSA) is 41.5 Å². The van der Waals surface area contributed by atoms with E-state index in [-0.39, 0.29) is 24.1 Å². The highest BCUT2D eigenvalue weighted by Gasteiger charge is 2.16. The van der Waals surface area contributed by atoms with E-state index in [1.807, 2.05) is 6.92 Å². The molecule has 0 aliphatic heterocycles. The monoisotopic (exact) mass is 291 g/mol. The van der Waals surface area contributed by atoms with Crippen LogP contribution in [0.4, 0.5) is 13.2 Å². The van der Waals surface area contributed by atoms with Crippen LogP contribution in [-0.4, -0.2) is 24.4 Å². The number of nitrogens with one attached hydrogen (secondary N) is 1. The zero-order valence-corrected chi connectivity index (χ0v) is 11.6. The first-order chi connectivity index (χ1) is 9.43. The van der Waals surface area contributed by atoms with Gasteiger partial charge >= 0.3 is 6.61 Å². The molecular weight excluding hydrogens is 271 g/mol. The molecule has 0 aliphatic carbocycles. The Balaban J connectivity index is 2.84. The summed E-state index contributed by atoms with van der Waals surface area (Å²) in [5, 5.41) is 12.9. The number of alkyl halides is 3. The lowest BCUT2D eigenvalue weighted by Gasteiger charge is -2.20. The number of hydrogen-bond acceptors (Lipinski definition) is 3. The number of rotatable bonds is 8. The summed E-state index contributed by atoms with van der Waals surface area (Å²) >= 11 is 0. The van der Waals surface area contributed by atoms with Crippen LogP contribution in [0.15, 0.2) is 18.2 Å². The summed E-state index contributed by atoms with van der Waals surface area (Å²) in [5.74, 6) is -0.240. The lowest BCUT2D eigenvalue weighted by Crippen LogP contribution is -2.27. The van der Waals surface area contributed by atoms with Crippen molar-refractivity contribution in [2.24, 2.45) is 0 Å². The Morgan fingerprint density at radius 1 is 1.30 bits per heavy atom. The van der Waals surface area contributed by atoms with Crippen molar-refractivity contribution in [3.05, 3.63) is 23.8 Å². The maximum atomic E-state index is 12.9. The van der Waals surface area contributed by atoms with Gasteiger partial charge in [-0.2, -0.15) is 8.78 Å². The fourth-order valence-corrected chi connectivity index (χ4v) is 1.96. The quantitative estimate of drug-likeness (QED) is 0.766. The lowest BCUT2D eigenvalue weighted by molar-refractivity contribution is -0.0499. The molecule has 0 unspecified atom stereocenters. The van der Waals surface area contributed by atoms with Gasteiger partial charge in [0.2, 0.25) is 0 Å². The Hall–Kier alpha value is -1.43. The maximum absolute atomic E-state index is 12.9. The SMILES string of the molecule is CCC[C@@H](NC[C@@H](C)F)c1ccc(OC(F)F)cc1O. The van der Waals surface area contributed by atoms with Crippen molar-refractivity contribution in [3.8, 4) is 11.5 Å². The van der Waals surface area contributed by atoms with Crippen LogP contribution in [0.5, 0.6) is 11.5 Å². The Morgan fingerprint density at radius 3 is 2.50 bits per heavy atom. The molecule has 6 heteroatoms. The maximum Gasteiger partial charge on any atom is 0.387 e. The second-order valence-corrected chi connectivity index (χ2v) is 4.63. The number of ether oxygens (including phenoxy) is 1. The molecule has 1 aromatic carbocycles. The molecule has 0 heterocycles. The number of halogens is 3. The third-order valence-corrected chi connectivity index (χ3v) is 2.83. The molecule has 0 fully saturated rings. The van der Waals surface area contributed by atoms with Crippen LogP contribution in [0.25, 0.3) is 0 Å². The van der Waals surface area contributed by atoms with Gasteiger partial charge in [-0.1, -0.05) is 19.4 Å². The molecule has 0 aliphatic rings. The van der Waals surface area contributed by atoms with Crippen molar-refractivity contribution in [2.75, 3.05) is 6.54 Å². The fraction of sp³-hybridized carbons (Fsp3) is 0.571. The average molecular weight is 291 g/mol. The van der Waals surface area contributed by atoms with Gasteiger partial charge in [-0.3, -0.25) is 0 Å². The van der Waals surface area contributed by atoms with Crippen LogP contribution in [-0.2, 0) is 0 Å². The van der Waals surface area contributed by atoms with E-state index >= 15 is 0 Å². The molecule has 0 saturated heterocycles. The zero-order valence-electron chi connectivity index (χ0n) is 11.6. The molecule has 2 atom stereocenters. The summed E-state index contributed by atoms with van der Waals surface area (Å²) in [7, 11) is 0. The van der Waals surface area contributed by atoms with E-state index in [1.54, 1.807) is 0 Å². The Morgan fingerprint density at radius 2 is 2.00 bits per heavy atom. The van der Waals surface area contributed by atoms with Crippen LogP contribution in [0.1, 0.15) is 38.3 Å². The highest BCUT2D eigenvalue weighted by atomic mass is 19.3. The standard InChI is InChI=1S/C14H20F3NO2/c1-3-4-12(18-8-9(2)15)11-6-5-10(7-13(11)19)20-14(16)17/h5-7,9,12,14,18-19H,3-4,8H2,1-2H3/t9-,12-/m1/s1. The average Bonchev–Trinajstić information content (AvgIpc) is 2.34. The largest absolute Gasteiger partial charge is 0.507 e. The van der Waals surface area contributed by atoms with Crippen LogP contribution in [0.2, 0.25) is 0 Å². The van der Waals surface area contributed by atoms with Crippen molar-refractivity contribution in [1.29, 1.82) is 0 Å². The second kappa shape index (κ2) is 7.99. The number of hydrogen-bond donors (Lipinski definition) is 2. The van der Waals surface area contributed by atoms with Crippen molar-refractivity contribution in [1.82, 2.24) is 5.32 Å². The van der Waals surface area contributed by atoms with Crippen molar-refractivity contribution < 1.29 is 23.0 Å². The smallest absolute Gasteiger partial charge is 0.387 e. The lowest BCUT2D eigenvalue weighted by atomic mass is 10.0. The van der Waals surface area contributed by atoms with Crippen LogP contribution < -0.4 is 10.1 Å². The summed E-state index contributed by atoms with van der Waals surface area (Å²) in [6.07, 6.45) is 0.542. The normalized spacial score (nSPS) is 14.3. The molecule has 0 amide bonds. The molecule has 20 heavy (non-hydrogen) atoms. The Bertz CT molecular complexity index is 413. The van der Waals surface area contributed by atoms with E-state index in [0.29, 0.717) is 12.0 Å². The molecule has 0 aromatic heterocycles. The zero-order chi connectivity index (χ0) is 15.1. The minimum atomic E-state index is -2.93. The predicted octanol–water partition coefficient (Wildman–Crippen LogP) is 3.78. The first-order valence-electron chi connectivity index (χ1n) is 6.59. The minimum absolute atomic E-state index is 0.102. The molecule has 0 bridgehead atoms. The summed E-state index contributed by atoms with van der Waals surface area (Å²) in [6, 6.07) is 3.80. The van der Waals surface area contributed by atoms with Gasteiger partial charge < -0.3 is 15.2 Å². The van der Waals surface area contributed by atoms with E-state index in [0.717, 1.165) is 12.5 Å². The fourth-order valence-electron chi connectivity index (χ4n) is 1.96. The van der Waals surface area contributed by atoms with Gasteiger partial charge in [0, 0.05) is 24.2 Å². The summed E-state index contributed by atoms with van der Waals surface area (Å²) < 4.78 is 41.3. The molecular formula is C14H20F3NO2. The van der Waals surface area contributed by atoms with Crippen molar-refractivity contribution in [2.45, 2.75) is 45.5 Å². The van der Waals surface area contributed by atoms with Crippen LogP contribution in [0.3, 0.4) is 0 Å². The molecule has 114 valence electrons. The predicted molar refractivity (Wildman–Crippen MR) is 71.0 cm³/mol. The Labute approximate surface area is 116 Å². The van der Waals surface area contributed by atoms with Crippen LogP contribution >= 0.6 is 0 Å². The molecule has 0 saturated carbocycles. The first kappa shape index (κ1) is 16.6. The van der Waals surface area contributed by atoms with Gasteiger partial charge in [-0.05, 0) is 19.4 Å². The van der Waals surface area contributed by atoms with Gasteiger partial charge in [0.1, 0.15) is 17.7 Å². The number of benzene rings is 1. The van der Waals surface area contributed by atoms with Gasteiger partial charge in [0.15, 0.2) is 0 Å². The van der Waals surface area contributed by atoms with E-state index in [1.165, 1.54) is 19.1 Å². The number of aromatic hydroxyl groups is 1. The minimum Gasteiger partial charge on any atom is -0.507 e. The first-order valence-corrected chi connectivity index (χ1v) is 6.59. The van der Waals surface area contributed by atoms with E-state index in [4.69, 9.17) is 0 Å². The van der Waals surface area contributed by atoms with E-state index < -0.39 is 12.8 Å². The van der Waals surface area contributed by atoms with Gasteiger partial charge in [-0.25, -0.2) is 4.39 Å². The van der Waals surface area contributed by atoms with Gasteiger partial charge in [0.25, 0.3) is 0 Å². The van der Waals surface area contributed by atoms with Gasteiger partial charge in [0.05, 0.1) is 0 Å². The summed E-state index contributed by atoms with van der Waals surface area (Å²) in [4.78, 5) is 0. The summed E-state index contributed by atoms with van der Waals surface area (Å²) in [6.45, 7) is 0.644. The molecule has 3 nitrogen and oxygen atoms in total. The van der Waals surface area contributed by atoms with E-state index in [9.17, 15) is 18.3 Å². The molecule has 1 aromatic rings. The molecule has 0 radical (unpaired) electrons.